The van der Waals surface area contributed by atoms with Crippen LogP contribution in [0.3, 0.4) is 0 Å². The van der Waals surface area contributed by atoms with Gasteiger partial charge in [-0.15, -0.1) is 0 Å². The van der Waals surface area contributed by atoms with Crippen LogP contribution >= 0.6 is 23.2 Å². The Labute approximate surface area is 197 Å². The van der Waals surface area contributed by atoms with Gasteiger partial charge in [-0.1, -0.05) is 41.4 Å². The summed E-state index contributed by atoms with van der Waals surface area (Å²) in [6, 6.07) is 11.7. The van der Waals surface area contributed by atoms with Crippen molar-refractivity contribution in [3.05, 3.63) is 63.1 Å². The van der Waals surface area contributed by atoms with Gasteiger partial charge in [0.25, 0.3) is 0 Å². The maximum Gasteiger partial charge on any atom is 0.125 e. The lowest BCUT2D eigenvalue weighted by Gasteiger charge is -2.26. The van der Waals surface area contributed by atoms with Crippen molar-refractivity contribution in [2.24, 2.45) is 0 Å². The van der Waals surface area contributed by atoms with Gasteiger partial charge in [-0.05, 0) is 24.6 Å². The number of aromatic nitrogens is 2. The van der Waals surface area contributed by atoms with Crippen LogP contribution in [0.4, 0.5) is 5.82 Å². The van der Waals surface area contributed by atoms with E-state index in [0.717, 1.165) is 79.6 Å². The van der Waals surface area contributed by atoms with Gasteiger partial charge < -0.3 is 14.8 Å². The van der Waals surface area contributed by atoms with E-state index in [2.05, 4.69) is 32.5 Å². The molecular formula is C24H26Cl2N4O2. The zero-order valence-electron chi connectivity index (χ0n) is 17.8. The highest BCUT2D eigenvalue weighted by Crippen LogP contribution is 2.43. The molecule has 5 rings (SSSR count). The van der Waals surface area contributed by atoms with Gasteiger partial charge in [0.1, 0.15) is 11.6 Å². The molecule has 168 valence electrons. The summed E-state index contributed by atoms with van der Waals surface area (Å²) in [5.41, 5.74) is 5.33. The van der Waals surface area contributed by atoms with E-state index in [4.69, 9.17) is 32.7 Å². The summed E-state index contributed by atoms with van der Waals surface area (Å²) in [5, 5.41) is 12.4. The fourth-order valence-corrected chi connectivity index (χ4v) is 4.89. The van der Waals surface area contributed by atoms with Gasteiger partial charge in [0.05, 0.1) is 25.5 Å². The Morgan fingerprint density at radius 1 is 1.06 bits per heavy atom. The van der Waals surface area contributed by atoms with Crippen LogP contribution < -0.4 is 10.1 Å². The SMILES string of the molecule is Clc1cccc(Cl)c1CNc1[nH]nc2c1Cc1c(OCCCN3CCOCC3)cccc1-2. The number of hydrogen-bond donors (Lipinski definition) is 2. The van der Waals surface area contributed by atoms with Crippen molar-refractivity contribution in [1.29, 1.82) is 0 Å². The van der Waals surface area contributed by atoms with Crippen LogP contribution in [0.25, 0.3) is 11.3 Å². The van der Waals surface area contributed by atoms with Crippen molar-refractivity contribution < 1.29 is 9.47 Å². The Hall–Kier alpha value is -2.25. The van der Waals surface area contributed by atoms with Crippen molar-refractivity contribution in [2.75, 3.05) is 44.8 Å². The summed E-state index contributed by atoms with van der Waals surface area (Å²) in [6.07, 6.45) is 1.78. The highest BCUT2D eigenvalue weighted by Gasteiger charge is 2.27. The highest BCUT2D eigenvalue weighted by atomic mass is 35.5. The molecule has 3 aromatic rings. The molecule has 0 atom stereocenters. The number of fused-ring (bicyclic) bond motifs is 3. The fraction of sp³-hybridized carbons (Fsp3) is 0.375. The fourth-order valence-electron chi connectivity index (χ4n) is 4.36. The summed E-state index contributed by atoms with van der Waals surface area (Å²) in [6.45, 7) is 5.95. The minimum atomic E-state index is 0.522. The first-order chi connectivity index (χ1) is 15.7. The van der Waals surface area contributed by atoms with Crippen LogP contribution in [0.1, 0.15) is 23.1 Å². The standard InChI is InChI=1S/C24H26Cl2N4O2/c25-20-5-2-6-21(26)19(20)15-27-24-18-14-17-16(23(18)28-29-24)4-1-7-22(17)32-11-3-8-30-9-12-31-13-10-30/h1-2,4-7H,3,8-15H2,(H2,27,28,29). The van der Waals surface area contributed by atoms with E-state index in [0.29, 0.717) is 23.2 Å². The molecule has 2 heterocycles. The van der Waals surface area contributed by atoms with Crippen LogP contribution in [-0.4, -0.2) is 54.6 Å². The highest BCUT2D eigenvalue weighted by molar-refractivity contribution is 6.36. The van der Waals surface area contributed by atoms with Crippen molar-refractivity contribution in [1.82, 2.24) is 15.1 Å². The molecule has 1 aromatic heterocycles. The first-order valence-electron chi connectivity index (χ1n) is 11.0. The Morgan fingerprint density at radius 2 is 1.84 bits per heavy atom. The number of anilines is 1. The predicted octanol–water partition coefficient (Wildman–Crippen LogP) is 5.00. The molecule has 0 radical (unpaired) electrons. The second kappa shape index (κ2) is 9.71. The monoisotopic (exact) mass is 472 g/mol. The molecule has 2 aromatic carbocycles. The summed E-state index contributed by atoms with van der Waals surface area (Å²) in [4.78, 5) is 2.43. The normalized spacial score (nSPS) is 15.4. The molecule has 2 N–H and O–H groups in total. The molecule has 1 aliphatic carbocycles. The Morgan fingerprint density at radius 3 is 2.66 bits per heavy atom. The molecule has 6 nitrogen and oxygen atoms in total. The van der Waals surface area contributed by atoms with Gasteiger partial charge in [-0.25, -0.2) is 0 Å². The second-order valence-corrected chi connectivity index (χ2v) is 8.91. The number of hydrogen-bond acceptors (Lipinski definition) is 5. The first-order valence-corrected chi connectivity index (χ1v) is 11.8. The Bertz CT molecular complexity index is 1080. The zero-order chi connectivity index (χ0) is 21.9. The molecule has 32 heavy (non-hydrogen) atoms. The number of H-pyrrole nitrogens is 1. The third-order valence-electron chi connectivity index (χ3n) is 6.09. The van der Waals surface area contributed by atoms with Crippen LogP contribution in [0.15, 0.2) is 36.4 Å². The van der Waals surface area contributed by atoms with Crippen molar-refractivity contribution in [2.45, 2.75) is 19.4 Å². The Balaban J connectivity index is 1.23. The summed E-state index contributed by atoms with van der Waals surface area (Å²) >= 11 is 12.6. The molecule has 2 aliphatic rings. The van der Waals surface area contributed by atoms with Crippen LogP contribution in [0.2, 0.25) is 10.0 Å². The number of morpholine rings is 1. The van der Waals surface area contributed by atoms with E-state index in [1.807, 2.05) is 24.3 Å². The lowest BCUT2D eigenvalue weighted by Crippen LogP contribution is -2.37. The first kappa shape index (κ1) is 21.6. The lowest BCUT2D eigenvalue weighted by atomic mass is 10.1. The predicted molar refractivity (Wildman–Crippen MR) is 128 cm³/mol. The van der Waals surface area contributed by atoms with Gasteiger partial charge in [0.15, 0.2) is 0 Å². The maximum absolute atomic E-state index is 6.31. The smallest absolute Gasteiger partial charge is 0.125 e. The quantitative estimate of drug-likeness (QED) is 0.353. The average molecular weight is 473 g/mol. The van der Waals surface area contributed by atoms with E-state index in [-0.39, 0.29) is 0 Å². The summed E-state index contributed by atoms with van der Waals surface area (Å²) in [7, 11) is 0. The topological polar surface area (TPSA) is 62.4 Å². The number of aromatic amines is 1. The molecule has 1 fully saturated rings. The van der Waals surface area contributed by atoms with E-state index in [9.17, 15) is 0 Å². The average Bonchev–Trinajstić information content (AvgIpc) is 3.37. The molecule has 1 aliphatic heterocycles. The van der Waals surface area contributed by atoms with Crippen LogP contribution in [0.5, 0.6) is 5.75 Å². The lowest BCUT2D eigenvalue weighted by molar-refractivity contribution is 0.0358. The molecule has 0 unspecified atom stereocenters. The van der Waals surface area contributed by atoms with Gasteiger partial charge in [0.2, 0.25) is 0 Å². The second-order valence-electron chi connectivity index (χ2n) is 8.09. The largest absolute Gasteiger partial charge is 0.493 e. The minimum absolute atomic E-state index is 0.522. The number of nitrogens with zero attached hydrogens (tertiary/aromatic N) is 2. The molecule has 0 amide bonds. The minimum Gasteiger partial charge on any atom is -0.493 e. The molecular weight excluding hydrogens is 447 g/mol. The number of rotatable bonds is 8. The van der Waals surface area contributed by atoms with Crippen molar-refractivity contribution in [3.63, 3.8) is 0 Å². The van der Waals surface area contributed by atoms with Crippen LogP contribution in [0, 0.1) is 0 Å². The third kappa shape index (κ3) is 4.46. The van der Waals surface area contributed by atoms with Crippen molar-refractivity contribution in [3.8, 4) is 17.0 Å². The molecule has 0 bridgehead atoms. The molecule has 0 saturated carbocycles. The third-order valence-corrected chi connectivity index (χ3v) is 6.80. The van der Waals surface area contributed by atoms with E-state index < -0.39 is 0 Å². The van der Waals surface area contributed by atoms with E-state index in [1.165, 1.54) is 5.56 Å². The Kier molecular flexibility index (Phi) is 6.55. The van der Waals surface area contributed by atoms with Crippen molar-refractivity contribution >= 4 is 29.0 Å². The summed E-state index contributed by atoms with van der Waals surface area (Å²) in [5.74, 6) is 1.84. The van der Waals surface area contributed by atoms with Gasteiger partial charge in [-0.2, -0.15) is 5.10 Å². The van der Waals surface area contributed by atoms with Gasteiger partial charge >= 0.3 is 0 Å². The number of halogens is 2. The van der Waals surface area contributed by atoms with E-state index in [1.54, 1.807) is 0 Å². The number of nitrogens with one attached hydrogen (secondary N) is 2. The maximum atomic E-state index is 6.31. The molecule has 1 saturated heterocycles. The number of ether oxygens (including phenoxy) is 2. The van der Waals surface area contributed by atoms with E-state index >= 15 is 0 Å². The zero-order valence-corrected chi connectivity index (χ0v) is 19.3. The molecule has 8 heteroatoms. The van der Waals surface area contributed by atoms with Crippen LogP contribution in [-0.2, 0) is 17.7 Å². The number of benzene rings is 2. The van der Waals surface area contributed by atoms with Gasteiger partial charge in [-0.3, -0.25) is 10.00 Å². The summed E-state index contributed by atoms with van der Waals surface area (Å²) < 4.78 is 11.6. The molecule has 0 spiro atoms. The van der Waals surface area contributed by atoms with Gasteiger partial charge in [0, 0.05) is 64.9 Å².